The van der Waals surface area contributed by atoms with Gasteiger partial charge in [-0.3, -0.25) is 0 Å². The van der Waals surface area contributed by atoms with Crippen molar-refractivity contribution in [2.45, 2.75) is 6.61 Å². The fraction of sp³-hybridized carbons (Fsp3) is 0.273. The fourth-order valence-electron chi connectivity index (χ4n) is 1.19. The van der Waals surface area contributed by atoms with Crippen molar-refractivity contribution in [3.63, 3.8) is 0 Å². The Morgan fingerprint density at radius 2 is 2.15 bits per heavy atom. The second kappa shape index (κ2) is 4.67. The van der Waals surface area contributed by atoms with Crippen LogP contribution in [0, 0.1) is 0 Å². The Morgan fingerprint density at radius 3 is 2.69 bits per heavy atom. The van der Waals surface area contributed by atoms with Crippen LogP contribution in [0.2, 0.25) is 0 Å². The van der Waals surface area contributed by atoms with Gasteiger partial charge >= 0.3 is 0 Å². The molecule has 0 N–H and O–H groups in total. The summed E-state index contributed by atoms with van der Waals surface area (Å²) in [5.74, 6) is 0.845. The quantitative estimate of drug-likeness (QED) is 0.705. The monoisotopic (exact) mass is 178 g/mol. The fourth-order valence-corrected chi connectivity index (χ4v) is 1.19. The van der Waals surface area contributed by atoms with Crippen LogP contribution in [0.1, 0.15) is 11.1 Å². The van der Waals surface area contributed by atoms with Gasteiger partial charge in [-0.05, 0) is 23.3 Å². The number of hydrogen-bond acceptors (Lipinski definition) is 2. The van der Waals surface area contributed by atoms with Gasteiger partial charge in [-0.2, -0.15) is 0 Å². The van der Waals surface area contributed by atoms with Crippen LogP contribution >= 0.6 is 0 Å². The summed E-state index contributed by atoms with van der Waals surface area (Å²) in [6.07, 6.45) is 1.81. The van der Waals surface area contributed by atoms with Crippen molar-refractivity contribution in [1.29, 1.82) is 0 Å². The molecule has 0 atom stereocenters. The average molecular weight is 178 g/mol. The summed E-state index contributed by atoms with van der Waals surface area (Å²) in [6.45, 7) is 4.31. The Balaban J connectivity index is 3.02. The van der Waals surface area contributed by atoms with Gasteiger partial charge in [0.05, 0.1) is 13.7 Å². The van der Waals surface area contributed by atoms with Gasteiger partial charge in [0.15, 0.2) is 0 Å². The van der Waals surface area contributed by atoms with Gasteiger partial charge in [-0.25, -0.2) is 0 Å². The Labute approximate surface area is 78.8 Å². The normalized spacial score (nSPS) is 9.69. The molecular weight excluding hydrogens is 164 g/mol. The van der Waals surface area contributed by atoms with Crippen molar-refractivity contribution in [2.24, 2.45) is 0 Å². The third-order valence-electron chi connectivity index (χ3n) is 1.87. The first kappa shape index (κ1) is 9.81. The first-order valence-corrected chi connectivity index (χ1v) is 4.10. The Morgan fingerprint density at radius 1 is 1.38 bits per heavy atom. The van der Waals surface area contributed by atoms with Gasteiger partial charge < -0.3 is 9.47 Å². The van der Waals surface area contributed by atoms with Crippen molar-refractivity contribution >= 4 is 6.08 Å². The van der Waals surface area contributed by atoms with E-state index in [2.05, 4.69) is 6.58 Å². The summed E-state index contributed by atoms with van der Waals surface area (Å²) in [4.78, 5) is 0. The Hall–Kier alpha value is -1.28. The molecule has 0 amide bonds. The van der Waals surface area contributed by atoms with Gasteiger partial charge in [0.2, 0.25) is 0 Å². The van der Waals surface area contributed by atoms with Crippen LogP contribution in [0.15, 0.2) is 24.8 Å². The Kier molecular flexibility index (Phi) is 3.53. The van der Waals surface area contributed by atoms with E-state index in [1.54, 1.807) is 14.2 Å². The van der Waals surface area contributed by atoms with Crippen molar-refractivity contribution in [3.05, 3.63) is 35.9 Å². The van der Waals surface area contributed by atoms with E-state index in [0.29, 0.717) is 6.61 Å². The molecule has 0 unspecified atom stereocenters. The highest BCUT2D eigenvalue weighted by atomic mass is 16.5. The topological polar surface area (TPSA) is 18.5 Å². The third kappa shape index (κ3) is 2.33. The lowest BCUT2D eigenvalue weighted by molar-refractivity contribution is 0.184. The molecule has 0 aliphatic heterocycles. The summed E-state index contributed by atoms with van der Waals surface area (Å²) in [6, 6.07) is 5.84. The predicted molar refractivity (Wildman–Crippen MR) is 53.8 cm³/mol. The van der Waals surface area contributed by atoms with E-state index in [-0.39, 0.29) is 0 Å². The average Bonchev–Trinajstić information content (AvgIpc) is 2.18. The maximum atomic E-state index is 5.11. The van der Waals surface area contributed by atoms with Crippen LogP contribution in [-0.2, 0) is 11.3 Å². The summed E-state index contributed by atoms with van der Waals surface area (Å²) in [5.41, 5.74) is 2.18. The number of benzene rings is 1. The summed E-state index contributed by atoms with van der Waals surface area (Å²) in [5, 5.41) is 0. The molecule has 0 heterocycles. The molecule has 2 nitrogen and oxygen atoms in total. The van der Waals surface area contributed by atoms with Crippen molar-refractivity contribution in [2.75, 3.05) is 14.2 Å². The van der Waals surface area contributed by atoms with Crippen molar-refractivity contribution in [3.8, 4) is 5.75 Å². The van der Waals surface area contributed by atoms with Crippen LogP contribution in [-0.4, -0.2) is 14.2 Å². The molecule has 0 aromatic heterocycles. The molecule has 0 saturated heterocycles. The van der Waals surface area contributed by atoms with E-state index in [0.717, 1.165) is 16.9 Å². The molecule has 1 aromatic carbocycles. The smallest absolute Gasteiger partial charge is 0.119 e. The molecule has 70 valence electrons. The lowest BCUT2D eigenvalue weighted by atomic mass is 10.1. The molecule has 0 spiro atoms. The largest absolute Gasteiger partial charge is 0.497 e. The lowest BCUT2D eigenvalue weighted by Gasteiger charge is -2.07. The van der Waals surface area contributed by atoms with Gasteiger partial charge in [-0.15, -0.1) is 0 Å². The lowest BCUT2D eigenvalue weighted by Crippen LogP contribution is -1.93. The second-order valence-electron chi connectivity index (χ2n) is 2.70. The zero-order chi connectivity index (χ0) is 9.68. The van der Waals surface area contributed by atoms with Crippen LogP contribution in [0.5, 0.6) is 5.75 Å². The third-order valence-corrected chi connectivity index (χ3v) is 1.87. The van der Waals surface area contributed by atoms with Crippen molar-refractivity contribution in [1.82, 2.24) is 0 Å². The highest BCUT2D eigenvalue weighted by Crippen LogP contribution is 2.19. The van der Waals surface area contributed by atoms with Crippen LogP contribution in [0.4, 0.5) is 0 Å². The number of hydrogen-bond donors (Lipinski definition) is 0. The van der Waals surface area contributed by atoms with Gasteiger partial charge in [-0.1, -0.05) is 18.7 Å². The highest BCUT2D eigenvalue weighted by molar-refractivity contribution is 5.53. The zero-order valence-electron chi connectivity index (χ0n) is 8.04. The first-order valence-electron chi connectivity index (χ1n) is 4.10. The minimum Gasteiger partial charge on any atom is -0.497 e. The molecule has 0 radical (unpaired) electrons. The van der Waals surface area contributed by atoms with E-state index >= 15 is 0 Å². The molecule has 1 aromatic rings. The predicted octanol–water partition coefficient (Wildman–Crippen LogP) is 2.48. The van der Waals surface area contributed by atoms with E-state index < -0.39 is 0 Å². The summed E-state index contributed by atoms with van der Waals surface area (Å²) >= 11 is 0. The van der Waals surface area contributed by atoms with Gasteiger partial charge in [0, 0.05) is 7.11 Å². The Bertz CT molecular complexity index is 292. The SMILES string of the molecule is C=Cc1ccc(OC)cc1COC. The van der Waals surface area contributed by atoms with Crippen molar-refractivity contribution < 1.29 is 9.47 Å². The molecule has 0 bridgehead atoms. The first-order chi connectivity index (χ1) is 6.31. The molecule has 2 heteroatoms. The standard InChI is InChI=1S/C11H14O2/c1-4-9-5-6-11(13-3)7-10(9)8-12-2/h4-7H,1,8H2,2-3H3. The molecular formula is C11H14O2. The van der Waals surface area contributed by atoms with E-state index in [4.69, 9.17) is 9.47 Å². The van der Waals surface area contributed by atoms with Crippen LogP contribution in [0.25, 0.3) is 6.08 Å². The molecule has 1 rings (SSSR count). The highest BCUT2D eigenvalue weighted by Gasteiger charge is 2.00. The van der Waals surface area contributed by atoms with Gasteiger partial charge in [0.1, 0.15) is 5.75 Å². The second-order valence-corrected chi connectivity index (χ2v) is 2.70. The van der Waals surface area contributed by atoms with Crippen LogP contribution in [0.3, 0.4) is 0 Å². The van der Waals surface area contributed by atoms with Gasteiger partial charge in [0.25, 0.3) is 0 Å². The molecule has 0 fully saturated rings. The van der Waals surface area contributed by atoms with E-state index in [1.165, 1.54) is 0 Å². The van der Waals surface area contributed by atoms with E-state index in [9.17, 15) is 0 Å². The minimum atomic E-state index is 0.582. The molecule has 0 saturated carbocycles. The molecule has 0 aliphatic rings. The van der Waals surface area contributed by atoms with Crippen LogP contribution < -0.4 is 4.74 Å². The maximum absolute atomic E-state index is 5.11. The number of rotatable bonds is 4. The number of ether oxygens (including phenoxy) is 2. The molecule has 0 aliphatic carbocycles. The maximum Gasteiger partial charge on any atom is 0.119 e. The zero-order valence-corrected chi connectivity index (χ0v) is 8.04. The number of methoxy groups -OCH3 is 2. The minimum absolute atomic E-state index is 0.582. The summed E-state index contributed by atoms with van der Waals surface area (Å²) in [7, 11) is 3.33. The molecule has 13 heavy (non-hydrogen) atoms. The van der Waals surface area contributed by atoms with E-state index in [1.807, 2.05) is 24.3 Å². The summed E-state index contributed by atoms with van der Waals surface area (Å²) < 4.78 is 10.2.